The summed E-state index contributed by atoms with van der Waals surface area (Å²) < 4.78 is 60.5. The molecule has 4 heterocycles. The molecule has 87 heavy (non-hydrogen) atoms. The van der Waals surface area contributed by atoms with Crippen LogP contribution in [0.2, 0.25) is 0 Å². The number of carbonyl (C=O) groups excluding carboxylic acids is 3. The summed E-state index contributed by atoms with van der Waals surface area (Å²) in [5.74, 6) is -2.62. The Morgan fingerprint density at radius 1 is 0.609 bits per heavy atom. The van der Waals surface area contributed by atoms with Gasteiger partial charge in [-0.05, 0) is 105 Å². The zero-order chi connectivity index (χ0) is 64.0. The molecule has 27 heteroatoms. The van der Waals surface area contributed by atoms with Gasteiger partial charge in [0.2, 0.25) is 0 Å². The molecule has 4 aliphatic heterocycles. The highest BCUT2D eigenvalue weighted by molar-refractivity contribution is 5.87. The average Bonchev–Trinajstić information content (AvgIpc) is 0.678. The van der Waals surface area contributed by atoms with Gasteiger partial charge in [-0.15, -0.1) is 0 Å². The zero-order valence-corrected chi connectivity index (χ0v) is 50.8. The van der Waals surface area contributed by atoms with Gasteiger partial charge < -0.3 is 124 Å². The van der Waals surface area contributed by atoms with Crippen LogP contribution in [0.3, 0.4) is 0 Å². The predicted molar refractivity (Wildman–Crippen MR) is 294 cm³/mol. The molecule has 0 radical (unpaired) electrons. The van der Waals surface area contributed by atoms with E-state index in [0.717, 1.165) is 19.0 Å². The maximum Gasteiger partial charge on any atom is 0.337 e. The van der Waals surface area contributed by atoms with E-state index in [2.05, 4.69) is 40.7 Å². The van der Waals surface area contributed by atoms with Crippen molar-refractivity contribution in [2.75, 3.05) is 33.5 Å². The molecule has 0 amide bonds. The Balaban J connectivity index is 1.07. The second kappa shape index (κ2) is 25.6. The fourth-order valence-electron chi connectivity index (χ4n) is 17.3. The van der Waals surface area contributed by atoms with Gasteiger partial charge in [0.05, 0.1) is 56.6 Å². The highest BCUT2D eigenvalue weighted by Gasteiger charge is 2.73. The summed E-state index contributed by atoms with van der Waals surface area (Å²) in [5, 5.41) is 155. The first-order chi connectivity index (χ1) is 40.9. The van der Waals surface area contributed by atoms with E-state index < -0.39 is 212 Å². The van der Waals surface area contributed by atoms with Gasteiger partial charge in [-0.3, -0.25) is 0 Å². The van der Waals surface area contributed by atoms with Crippen molar-refractivity contribution in [3.63, 3.8) is 0 Å². The minimum absolute atomic E-state index is 0.107. The molecule has 0 aromatic heterocycles. The largest absolute Gasteiger partial charge is 0.467 e. The minimum Gasteiger partial charge on any atom is -0.467 e. The third-order valence-electron chi connectivity index (χ3n) is 22.7. The molecule has 4 saturated heterocycles. The van der Waals surface area contributed by atoms with E-state index in [4.69, 9.17) is 47.4 Å². The predicted octanol–water partition coefficient (Wildman–Crippen LogP) is -2.74. The standard InChI is InChI=1S/C60H94O27/c1-10-25(2)49(76)82-35-19-55(3,4)17-27-26-11-12-32-56(5)15-14-34(57(6,23-64)31(56)13-16-58(32,7)59(26,8)18-33(66)60(27,35)24-65)83-54-48(87-52-43(74)40(71)37(68)29(21-62)80-52)45(44(75)46(85-54)50(77)78-9)84-53-47(41(72)38(69)30(22-63)81-53)86-51-42(73)39(70)36(67)28(20-61)79-51/h10-11,23,27-48,51-54,61-63,65-75H,12-22,24H2,1-9H3/b25-10+/t27-,28+,29+,30+,31+,32+,33+,34-,35-,36+,37-,38-,39-,40-,41-,42+,43+,44-,45-,46-,47+,48+,51-,52-,53-,54+,56-,57-,58+,59+,60-/m0/s1. The lowest BCUT2D eigenvalue weighted by Gasteiger charge is -2.72. The van der Waals surface area contributed by atoms with Crippen molar-refractivity contribution in [2.24, 2.45) is 50.2 Å². The second-order valence-electron chi connectivity index (χ2n) is 27.8. The van der Waals surface area contributed by atoms with Gasteiger partial charge in [-0.25, -0.2) is 9.59 Å². The first-order valence-corrected chi connectivity index (χ1v) is 30.4. The number of aliphatic hydroxyl groups is 14. The molecular formula is C60H94O27. The highest BCUT2D eigenvalue weighted by atomic mass is 16.8. The number of hydrogen-bond acceptors (Lipinski definition) is 27. The summed E-state index contributed by atoms with van der Waals surface area (Å²) in [6.45, 7) is 12.8. The summed E-state index contributed by atoms with van der Waals surface area (Å²) in [5.41, 5.74) is -3.18. The SMILES string of the molecule is C/C=C(\C)C(=O)O[C@H]1CC(C)(C)C[C@H]2C3=CC[C@@H]4[C@@]5(C)CC[C@H](O[C@@H]6O[C@H](C(=O)OC)[C@@H](O)[C@H](O[C@@H]7O[C@H](CO)[C@H](O)[C@H](O)[C@H]7O[C@@H]7O[C@H](CO)[C@@H](O)[C@H](O)[C@H]7O)[C@H]6O[C@@H]6O[C@H](CO)[C@H](O)[C@H](O)[C@H]6O)[C@@](C)(C=O)[C@@H]5CC[C@@]4(C)[C@]3(C)C[C@@H](O)[C@@]12CO. The van der Waals surface area contributed by atoms with E-state index in [1.165, 1.54) is 0 Å². The summed E-state index contributed by atoms with van der Waals surface area (Å²) in [4.78, 5) is 41.5. The quantitative estimate of drug-likeness (QED) is 0.0245. The van der Waals surface area contributed by atoms with E-state index >= 15 is 0 Å². The van der Waals surface area contributed by atoms with E-state index in [-0.39, 0.29) is 30.1 Å². The van der Waals surface area contributed by atoms with Crippen LogP contribution in [0.4, 0.5) is 0 Å². The monoisotopic (exact) mass is 1250 g/mol. The van der Waals surface area contributed by atoms with E-state index in [0.29, 0.717) is 44.1 Å². The van der Waals surface area contributed by atoms with Crippen molar-refractivity contribution >= 4 is 18.2 Å². The number of esters is 2. The van der Waals surface area contributed by atoms with E-state index in [9.17, 15) is 85.9 Å². The molecule has 31 atom stereocenters. The van der Waals surface area contributed by atoms with Crippen LogP contribution in [0.15, 0.2) is 23.3 Å². The third kappa shape index (κ3) is 11.3. The van der Waals surface area contributed by atoms with Gasteiger partial charge in [0.15, 0.2) is 31.3 Å². The third-order valence-corrected chi connectivity index (χ3v) is 22.7. The fraction of sp³-hybridized carbons (Fsp3) is 0.883. The maximum absolute atomic E-state index is 14.3. The van der Waals surface area contributed by atoms with Crippen molar-refractivity contribution in [2.45, 2.75) is 248 Å². The lowest BCUT2D eigenvalue weighted by molar-refractivity contribution is -0.406. The molecule has 9 rings (SSSR count). The summed E-state index contributed by atoms with van der Waals surface area (Å²) in [6, 6.07) is 0. The Morgan fingerprint density at radius 2 is 1.15 bits per heavy atom. The molecule has 9 aliphatic rings. The number of methoxy groups -OCH3 is 1. The Morgan fingerprint density at radius 3 is 1.69 bits per heavy atom. The van der Waals surface area contributed by atoms with Gasteiger partial charge in [0, 0.05) is 5.57 Å². The molecule has 8 fully saturated rings. The van der Waals surface area contributed by atoms with Crippen molar-refractivity contribution < 1.29 is 133 Å². The number of rotatable bonds is 16. The van der Waals surface area contributed by atoms with Crippen LogP contribution < -0.4 is 0 Å². The molecule has 0 spiro atoms. The molecule has 0 unspecified atom stereocenters. The van der Waals surface area contributed by atoms with E-state index in [1.807, 2.05) is 0 Å². The number of allylic oxidation sites excluding steroid dienone is 3. The summed E-state index contributed by atoms with van der Waals surface area (Å²) in [6.07, 6.45) is -34.3. The van der Waals surface area contributed by atoms with Crippen LogP contribution in [-0.2, 0) is 61.8 Å². The highest BCUT2D eigenvalue weighted by Crippen LogP contribution is 2.76. The molecule has 27 nitrogen and oxygen atoms in total. The van der Waals surface area contributed by atoms with Crippen molar-refractivity contribution in [3.8, 4) is 0 Å². The number of aliphatic hydroxyl groups excluding tert-OH is 14. The molecule has 0 bridgehead atoms. The summed E-state index contributed by atoms with van der Waals surface area (Å²) in [7, 11) is 0.985. The Bertz CT molecular complexity index is 2510. The van der Waals surface area contributed by atoms with Crippen molar-refractivity contribution in [1.82, 2.24) is 0 Å². The molecule has 5 aliphatic carbocycles. The van der Waals surface area contributed by atoms with E-state index in [1.54, 1.807) is 26.8 Å². The molecule has 0 aromatic carbocycles. The molecule has 496 valence electrons. The second-order valence-corrected chi connectivity index (χ2v) is 27.8. The molecule has 4 saturated carbocycles. The van der Waals surface area contributed by atoms with Crippen LogP contribution in [-0.4, -0.2) is 264 Å². The van der Waals surface area contributed by atoms with Crippen LogP contribution in [0.5, 0.6) is 0 Å². The lowest BCUT2D eigenvalue weighted by atomic mass is 9.33. The van der Waals surface area contributed by atoms with Crippen LogP contribution in [0.1, 0.15) is 107 Å². The van der Waals surface area contributed by atoms with Gasteiger partial charge in [-0.2, -0.15) is 0 Å². The molecule has 14 N–H and O–H groups in total. The van der Waals surface area contributed by atoms with Gasteiger partial charge in [0.25, 0.3) is 0 Å². The molecule has 0 aromatic rings. The Labute approximate surface area is 505 Å². The van der Waals surface area contributed by atoms with Crippen LogP contribution in [0.25, 0.3) is 0 Å². The minimum atomic E-state index is -2.24. The number of ether oxygens (including phenoxy) is 10. The smallest absolute Gasteiger partial charge is 0.337 e. The Hall–Kier alpha value is -2.79. The normalized spacial score (nSPS) is 51.6. The first kappa shape index (κ1) is 68.6. The summed E-state index contributed by atoms with van der Waals surface area (Å²) >= 11 is 0. The molecular weight excluding hydrogens is 1150 g/mol. The number of fused-ring (bicyclic) bond motifs is 7. The lowest BCUT2D eigenvalue weighted by Crippen LogP contribution is -2.70. The van der Waals surface area contributed by atoms with Gasteiger partial charge >= 0.3 is 11.9 Å². The van der Waals surface area contributed by atoms with Gasteiger partial charge in [0.1, 0.15) is 104 Å². The fourth-order valence-corrected chi connectivity index (χ4v) is 17.3. The number of carbonyl (C=O) groups is 3. The number of aldehydes is 1. The van der Waals surface area contributed by atoms with Crippen molar-refractivity contribution in [1.29, 1.82) is 0 Å². The van der Waals surface area contributed by atoms with Crippen LogP contribution >= 0.6 is 0 Å². The maximum atomic E-state index is 14.3. The zero-order valence-electron chi connectivity index (χ0n) is 50.8. The first-order valence-electron chi connectivity index (χ1n) is 30.4. The number of hydrogen-bond donors (Lipinski definition) is 14. The van der Waals surface area contributed by atoms with Crippen LogP contribution in [0, 0.1) is 50.2 Å². The van der Waals surface area contributed by atoms with Crippen molar-refractivity contribution in [3.05, 3.63) is 23.3 Å². The van der Waals surface area contributed by atoms with Gasteiger partial charge in [-0.1, -0.05) is 59.3 Å². The topological polar surface area (TPSA) is 427 Å². The average molecular weight is 1250 g/mol. The Kier molecular flexibility index (Phi) is 20.2.